The fourth-order valence-electron chi connectivity index (χ4n) is 3.05. The van der Waals surface area contributed by atoms with Crippen molar-refractivity contribution in [3.63, 3.8) is 0 Å². The molecule has 148 valence electrons. The third-order valence-electron chi connectivity index (χ3n) is 4.33. The van der Waals surface area contributed by atoms with Gasteiger partial charge in [-0.1, -0.05) is 47.1 Å². The quantitative estimate of drug-likeness (QED) is 0.290. The summed E-state index contributed by atoms with van der Waals surface area (Å²) in [6.45, 7) is 4.04. The molecule has 29 heavy (non-hydrogen) atoms. The van der Waals surface area contributed by atoms with Gasteiger partial charge in [-0.2, -0.15) is 0 Å². The highest BCUT2D eigenvalue weighted by molar-refractivity contribution is 7.98. The highest BCUT2D eigenvalue weighted by Gasteiger charge is 2.14. The summed E-state index contributed by atoms with van der Waals surface area (Å²) >= 11 is 14.0. The number of thioether (sulfide) groups is 1. The number of halogens is 2. The highest BCUT2D eigenvalue weighted by atomic mass is 35.5. The normalized spacial score (nSPS) is 11.3. The van der Waals surface area contributed by atoms with Gasteiger partial charge in [0.05, 0.1) is 17.1 Å². The lowest BCUT2D eigenvalue weighted by Crippen LogP contribution is -2.05. The van der Waals surface area contributed by atoms with Gasteiger partial charge in [-0.3, -0.25) is 4.57 Å². The van der Waals surface area contributed by atoms with Crippen molar-refractivity contribution < 1.29 is 4.74 Å². The molecule has 0 fully saturated rings. The molecule has 0 aliphatic rings. The predicted octanol–water partition coefficient (Wildman–Crippen LogP) is 7.41. The second-order valence-corrected chi connectivity index (χ2v) is 8.75. The summed E-state index contributed by atoms with van der Waals surface area (Å²) in [5.74, 6) is 1.64. The Balaban J connectivity index is 1.71. The molecular formula is C23H20Cl2N2OS. The van der Waals surface area contributed by atoms with Crippen molar-refractivity contribution in [2.75, 3.05) is 0 Å². The first-order chi connectivity index (χ1) is 14.0. The van der Waals surface area contributed by atoms with Crippen LogP contribution in [0, 0.1) is 0 Å². The highest BCUT2D eigenvalue weighted by Crippen LogP contribution is 2.32. The standard InChI is InChI=1S/C23H20Cl2N2OS/c1-15(2)28-20-10-8-19(9-11-20)27-22-13-18(25)7-12-21(22)26-23(27)29-14-16-3-5-17(24)6-4-16/h3-13,15H,14H2,1-2H3. The Morgan fingerprint density at radius 3 is 2.31 bits per heavy atom. The Kier molecular flexibility index (Phi) is 6.04. The molecule has 4 rings (SSSR count). The first kappa shape index (κ1) is 20.1. The zero-order valence-electron chi connectivity index (χ0n) is 16.1. The number of hydrogen-bond donors (Lipinski definition) is 0. The van der Waals surface area contributed by atoms with Crippen LogP contribution in [0.5, 0.6) is 5.75 Å². The van der Waals surface area contributed by atoms with Gasteiger partial charge in [-0.05, 0) is 74.0 Å². The van der Waals surface area contributed by atoms with Gasteiger partial charge in [0.15, 0.2) is 5.16 Å². The van der Waals surface area contributed by atoms with Gasteiger partial charge in [0.1, 0.15) is 5.75 Å². The Bertz CT molecular complexity index is 1120. The van der Waals surface area contributed by atoms with Crippen molar-refractivity contribution in [2.24, 2.45) is 0 Å². The molecule has 0 spiro atoms. The lowest BCUT2D eigenvalue weighted by Gasteiger charge is -2.12. The minimum absolute atomic E-state index is 0.138. The number of hydrogen-bond acceptors (Lipinski definition) is 3. The number of rotatable bonds is 6. The molecule has 0 amide bonds. The summed E-state index contributed by atoms with van der Waals surface area (Å²) in [7, 11) is 0. The SMILES string of the molecule is CC(C)Oc1ccc(-n2c(SCc3ccc(Cl)cc3)nc3ccc(Cl)cc32)cc1. The summed E-state index contributed by atoms with van der Waals surface area (Å²) in [5.41, 5.74) is 4.10. The largest absolute Gasteiger partial charge is 0.491 e. The minimum atomic E-state index is 0.138. The third-order valence-corrected chi connectivity index (χ3v) is 5.83. The maximum atomic E-state index is 6.28. The van der Waals surface area contributed by atoms with Gasteiger partial charge < -0.3 is 4.74 Å². The van der Waals surface area contributed by atoms with Crippen LogP contribution in [-0.2, 0) is 5.75 Å². The van der Waals surface area contributed by atoms with E-state index in [0.717, 1.165) is 38.4 Å². The summed E-state index contributed by atoms with van der Waals surface area (Å²) < 4.78 is 7.92. The van der Waals surface area contributed by atoms with Crippen LogP contribution in [0.25, 0.3) is 16.7 Å². The maximum absolute atomic E-state index is 6.28. The summed E-state index contributed by atoms with van der Waals surface area (Å²) in [6.07, 6.45) is 0.138. The van der Waals surface area contributed by atoms with Gasteiger partial charge in [0.2, 0.25) is 0 Å². The lowest BCUT2D eigenvalue weighted by atomic mass is 10.2. The fraction of sp³-hybridized carbons (Fsp3) is 0.174. The molecule has 3 aromatic carbocycles. The monoisotopic (exact) mass is 442 g/mol. The zero-order chi connectivity index (χ0) is 20.4. The molecule has 1 heterocycles. The Morgan fingerprint density at radius 1 is 0.931 bits per heavy atom. The van der Waals surface area contributed by atoms with Crippen LogP contribution in [0.15, 0.2) is 71.9 Å². The number of nitrogens with zero attached hydrogens (tertiary/aromatic N) is 2. The van der Waals surface area contributed by atoms with E-state index in [1.807, 2.05) is 80.6 Å². The van der Waals surface area contributed by atoms with Crippen molar-refractivity contribution in [1.29, 1.82) is 0 Å². The van der Waals surface area contributed by atoms with E-state index in [-0.39, 0.29) is 6.10 Å². The van der Waals surface area contributed by atoms with Crippen molar-refractivity contribution in [3.8, 4) is 11.4 Å². The van der Waals surface area contributed by atoms with E-state index < -0.39 is 0 Å². The minimum Gasteiger partial charge on any atom is -0.491 e. The smallest absolute Gasteiger partial charge is 0.174 e. The first-order valence-corrected chi connectivity index (χ1v) is 11.1. The molecule has 0 aliphatic heterocycles. The van der Waals surface area contributed by atoms with Gasteiger partial charge in [-0.15, -0.1) is 0 Å². The van der Waals surface area contributed by atoms with E-state index in [2.05, 4.69) is 4.57 Å². The molecule has 6 heteroatoms. The number of imidazole rings is 1. The van der Waals surface area contributed by atoms with E-state index in [9.17, 15) is 0 Å². The fourth-order valence-corrected chi connectivity index (χ4v) is 4.32. The molecule has 0 bridgehead atoms. The molecular weight excluding hydrogens is 423 g/mol. The molecule has 0 N–H and O–H groups in total. The zero-order valence-corrected chi connectivity index (χ0v) is 18.4. The molecule has 0 saturated carbocycles. The topological polar surface area (TPSA) is 27.1 Å². The van der Waals surface area contributed by atoms with E-state index in [1.165, 1.54) is 5.56 Å². The van der Waals surface area contributed by atoms with Crippen LogP contribution >= 0.6 is 35.0 Å². The van der Waals surface area contributed by atoms with E-state index >= 15 is 0 Å². The van der Waals surface area contributed by atoms with E-state index in [0.29, 0.717) is 5.02 Å². The average molecular weight is 443 g/mol. The Morgan fingerprint density at radius 2 is 1.62 bits per heavy atom. The van der Waals surface area contributed by atoms with Crippen LogP contribution in [-0.4, -0.2) is 15.7 Å². The van der Waals surface area contributed by atoms with Crippen LogP contribution in [0.3, 0.4) is 0 Å². The second kappa shape index (κ2) is 8.70. The number of fused-ring (bicyclic) bond motifs is 1. The Labute approximate surface area is 184 Å². The first-order valence-electron chi connectivity index (χ1n) is 9.32. The molecule has 3 nitrogen and oxygen atoms in total. The van der Waals surface area contributed by atoms with Crippen molar-refractivity contribution in [2.45, 2.75) is 30.9 Å². The summed E-state index contributed by atoms with van der Waals surface area (Å²) in [5, 5.41) is 2.34. The summed E-state index contributed by atoms with van der Waals surface area (Å²) in [4.78, 5) is 4.84. The van der Waals surface area contributed by atoms with Gasteiger partial charge in [0.25, 0.3) is 0 Å². The van der Waals surface area contributed by atoms with Crippen molar-refractivity contribution >= 4 is 46.0 Å². The van der Waals surface area contributed by atoms with Crippen LogP contribution in [0.4, 0.5) is 0 Å². The van der Waals surface area contributed by atoms with Crippen LogP contribution in [0.1, 0.15) is 19.4 Å². The van der Waals surface area contributed by atoms with Crippen LogP contribution < -0.4 is 4.74 Å². The molecule has 0 radical (unpaired) electrons. The van der Waals surface area contributed by atoms with E-state index in [1.54, 1.807) is 11.8 Å². The molecule has 4 aromatic rings. The third kappa shape index (κ3) is 4.72. The second-order valence-electron chi connectivity index (χ2n) is 6.94. The summed E-state index contributed by atoms with van der Waals surface area (Å²) in [6, 6.07) is 21.7. The van der Waals surface area contributed by atoms with Crippen LogP contribution in [0.2, 0.25) is 10.0 Å². The van der Waals surface area contributed by atoms with Gasteiger partial charge in [-0.25, -0.2) is 4.98 Å². The number of ether oxygens (including phenoxy) is 1. The lowest BCUT2D eigenvalue weighted by molar-refractivity contribution is 0.242. The van der Waals surface area contributed by atoms with Gasteiger partial charge >= 0.3 is 0 Å². The molecule has 0 saturated heterocycles. The van der Waals surface area contributed by atoms with Crippen molar-refractivity contribution in [1.82, 2.24) is 9.55 Å². The van der Waals surface area contributed by atoms with Crippen molar-refractivity contribution in [3.05, 3.63) is 82.3 Å². The maximum Gasteiger partial charge on any atom is 0.174 e. The average Bonchev–Trinajstić information content (AvgIpc) is 3.05. The molecule has 0 unspecified atom stereocenters. The molecule has 1 aromatic heterocycles. The molecule has 0 aliphatic carbocycles. The Hall–Kier alpha value is -2.14. The number of benzene rings is 3. The van der Waals surface area contributed by atoms with Gasteiger partial charge in [0, 0.05) is 21.5 Å². The molecule has 0 atom stereocenters. The number of aromatic nitrogens is 2. The predicted molar refractivity (Wildman–Crippen MR) is 123 cm³/mol. The van der Waals surface area contributed by atoms with E-state index in [4.69, 9.17) is 32.9 Å².